The van der Waals surface area contributed by atoms with Crippen LogP contribution >= 0.6 is 0 Å². The highest BCUT2D eigenvalue weighted by atomic mass is 16.5. The predicted molar refractivity (Wildman–Crippen MR) is 87.4 cm³/mol. The van der Waals surface area contributed by atoms with Crippen LogP contribution in [0.5, 0.6) is 0 Å². The predicted octanol–water partition coefficient (Wildman–Crippen LogP) is 3.64. The smallest absolute Gasteiger partial charge is 0.407 e. The highest BCUT2D eigenvalue weighted by molar-refractivity contribution is 5.67. The number of nitrogens with zero attached hydrogens (tertiary/aromatic N) is 1. The molecule has 22 heavy (non-hydrogen) atoms. The quantitative estimate of drug-likeness (QED) is 0.916. The summed E-state index contributed by atoms with van der Waals surface area (Å²) in [5.74, 6) is 0. The molecule has 0 bridgehead atoms. The molecule has 1 aromatic heterocycles. The Morgan fingerprint density at radius 1 is 1.18 bits per heavy atom. The van der Waals surface area contributed by atoms with Crippen molar-refractivity contribution in [2.24, 2.45) is 0 Å². The van der Waals surface area contributed by atoms with Crippen LogP contribution in [0.1, 0.15) is 22.5 Å². The van der Waals surface area contributed by atoms with Gasteiger partial charge in [-0.05, 0) is 37.1 Å². The molecule has 0 atom stereocenters. The number of aryl methyl sites for hydroxylation is 2. The molecule has 4 nitrogen and oxygen atoms in total. The van der Waals surface area contributed by atoms with Crippen LogP contribution in [0.25, 0.3) is 6.08 Å². The maximum atomic E-state index is 11.6. The van der Waals surface area contributed by atoms with Gasteiger partial charge in [-0.2, -0.15) is 0 Å². The fourth-order valence-corrected chi connectivity index (χ4v) is 2.07. The molecular formula is C18H20N2O2. The molecule has 0 aliphatic heterocycles. The molecule has 1 amide bonds. The minimum Gasteiger partial charge on any atom is -0.445 e. The van der Waals surface area contributed by atoms with E-state index >= 15 is 0 Å². The highest BCUT2D eigenvalue weighted by Crippen LogP contribution is 2.06. The van der Waals surface area contributed by atoms with Gasteiger partial charge < -0.3 is 10.1 Å². The van der Waals surface area contributed by atoms with E-state index in [9.17, 15) is 4.79 Å². The zero-order valence-corrected chi connectivity index (χ0v) is 12.9. The normalized spacial score (nSPS) is 10.6. The van der Waals surface area contributed by atoms with Crippen LogP contribution < -0.4 is 5.32 Å². The third kappa shape index (κ3) is 5.40. The van der Waals surface area contributed by atoms with E-state index in [2.05, 4.69) is 10.3 Å². The molecule has 0 saturated carbocycles. The number of pyridine rings is 1. The number of carbonyl (C=O) groups excluding carboxylic acids is 1. The third-order valence-corrected chi connectivity index (χ3v) is 2.99. The lowest BCUT2D eigenvalue weighted by Gasteiger charge is -2.05. The molecule has 0 aliphatic rings. The van der Waals surface area contributed by atoms with Gasteiger partial charge >= 0.3 is 6.09 Å². The molecular weight excluding hydrogens is 276 g/mol. The largest absolute Gasteiger partial charge is 0.445 e. The Kier molecular flexibility index (Phi) is 5.72. The molecule has 1 heterocycles. The first-order valence-electron chi connectivity index (χ1n) is 7.20. The van der Waals surface area contributed by atoms with Crippen molar-refractivity contribution in [3.63, 3.8) is 0 Å². The van der Waals surface area contributed by atoms with Crippen LogP contribution in [0, 0.1) is 13.8 Å². The van der Waals surface area contributed by atoms with Crippen molar-refractivity contribution in [3.8, 4) is 0 Å². The van der Waals surface area contributed by atoms with Gasteiger partial charge in [0.15, 0.2) is 0 Å². The SMILES string of the molecule is Cc1cc(C=CCNC(=O)OCc2ccccc2)cc(C)n1. The Balaban J connectivity index is 1.73. The summed E-state index contributed by atoms with van der Waals surface area (Å²) in [4.78, 5) is 15.9. The Hall–Kier alpha value is -2.62. The molecule has 4 heteroatoms. The molecule has 114 valence electrons. The average molecular weight is 296 g/mol. The van der Waals surface area contributed by atoms with Gasteiger partial charge in [0, 0.05) is 17.9 Å². The molecule has 0 spiro atoms. The number of hydrogen-bond acceptors (Lipinski definition) is 3. The van der Waals surface area contributed by atoms with Crippen molar-refractivity contribution in [2.45, 2.75) is 20.5 Å². The summed E-state index contributed by atoms with van der Waals surface area (Å²) in [6.45, 7) is 4.63. The van der Waals surface area contributed by atoms with Crippen LogP contribution in [-0.2, 0) is 11.3 Å². The first-order chi connectivity index (χ1) is 10.6. The summed E-state index contributed by atoms with van der Waals surface area (Å²) in [7, 11) is 0. The summed E-state index contributed by atoms with van der Waals surface area (Å²) < 4.78 is 5.12. The molecule has 0 fully saturated rings. The van der Waals surface area contributed by atoms with Crippen molar-refractivity contribution in [1.29, 1.82) is 0 Å². The molecule has 0 aliphatic carbocycles. The van der Waals surface area contributed by atoms with Crippen molar-refractivity contribution in [3.05, 3.63) is 71.1 Å². The summed E-state index contributed by atoms with van der Waals surface area (Å²) in [5, 5.41) is 2.69. The number of amides is 1. The van der Waals surface area contributed by atoms with Crippen LogP contribution in [0.4, 0.5) is 4.79 Å². The lowest BCUT2D eigenvalue weighted by molar-refractivity contribution is 0.141. The number of rotatable bonds is 5. The molecule has 1 N–H and O–H groups in total. The van der Waals surface area contributed by atoms with E-state index in [0.717, 1.165) is 22.5 Å². The van der Waals surface area contributed by atoms with Crippen molar-refractivity contribution >= 4 is 12.2 Å². The van der Waals surface area contributed by atoms with E-state index in [1.54, 1.807) is 0 Å². The summed E-state index contributed by atoms with van der Waals surface area (Å²) in [5.41, 5.74) is 4.00. The van der Waals surface area contributed by atoms with Crippen LogP contribution in [-0.4, -0.2) is 17.6 Å². The summed E-state index contributed by atoms with van der Waals surface area (Å²) in [6, 6.07) is 13.6. The van der Waals surface area contributed by atoms with Crippen LogP contribution in [0.15, 0.2) is 48.5 Å². The van der Waals surface area contributed by atoms with Crippen LogP contribution in [0.3, 0.4) is 0 Å². The van der Waals surface area contributed by atoms with Crippen molar-refractivity contribution in [1.82, 2.24) is 10.3 Å². The molecule has 0 radical (unpaired) electrons. The number of nitrogens with one attached hydrogen (secondary N) is 1. The monoisotopic (exact) mass is 296 g/mol. The Morgan fingerprint density at radius 2 is 1.86 bits per heavy atom. The molecule has 2 rings (SSSR count). The number of hydrogen-bond donors (Lipinski definition) is 1. The lowest BCUT2D eigenvalue weighted by Crippen LogP contribution is -2.24. The second-order valence-corrected chi connectivity index (χ2v) is 5.03. The van der Waals surface area contributed by atoms with Gasteiger partial charge in [-0.25, -0.2) is 4.79 Å². The van der Waals surface area contributed by atoms with Crippen LogP contribution in [0.2, 0.25) is 0 Å². The number of carbonyl (C=O) groups is 1. The Bertz CT molecular complexity index is 631. The fourth-order valence-electron chi connectivity index (χ4n) is 2.07. The van der Waals surface area contributed by atoms with E-state index in [-0.39, 0.29) is 6.61 Å². The number of ether oxygens (including phenoxy) is 1. The Morgan fingerprint density at radius 3 is 2.55 bits per heavy atom. The van der Waals surface area contributed by atoms with Gasteiger partial charge in [-0.3, -0.25) is 4.98 Å². The van der Waals surface area contributed by atoms with Crippen molar-refractivity contribution in [2.75, 3.05) is 6.54 Å². The van der Waals surface area contributed by atoms with Gasteiger partial charge in [-0.1, -0.05) is 42.5 Å². The second kappa shape index (κ2) is 7.98. The summed E-state index contributed by atoms with van der Waals surface area (Å²) in [6.07, 6.45) is 3.42. The zero-order chi connectivity index (χ0) is 15.8. The van der Waals surface area contributed by atoms with Gasteiger partial charge in [-0.15, -0.1) is 0 Å². The standard InChI is InChI=1S/C18H20N2O2/c1-14-11-17(12-15(2)20-14)9-6-10-19-18(21)22-13-16-7-4-3-5-8-16/h3-9,11-12H,10,13H2,1-2H3,(H,19,21). The molecule has 0 unspecified atom stereocenters. The molecule has 2 aromatic rings. The summed E-state index contributed by atoms with van der Waals surface area (Å²) >= 11 is 0. The topological polar surface area (TPSA) is 51.2 Å². The molecule has 1 aromatic carbocycles. The van der Waals surface area contributed by atoms with E-state index in [0.29, 0.717) is 6.54 Å². The Labute approximate surface area is 130 Å². The van der Waals surface area contributed by atoms with E-state index in [4.69, 9.17) is 4.74 Å². The lowest BCUT2D eigenvalue weighted by atomic mass is 10.2. The van der Waals surface area contributed by atoms with Gasteiger partial charge in [0.05, 0.1) is 0 Å². The number of benzene rings is 1. The number of aromatic nitrogens is 1. The van der Waals surface area contributed by atoms with Gasteiger partial charge in [0.25, 0.3) is 0 Å². The third-order valence-electron chi connectivity index (χ3n) is 2.99. The van der Waals surface area contributed by atoms with Gasteiger partial charge in [0.2, 0.25) is 0 Å². The van der Waals surface area contributed by atoms with E-state index in [1.165, 1.54) is 0 Å². The minimum atomic E-state index is -0.421. The molecule has 0 saturated heterocycles. The number of alkyl carbamates (subject to hydrolysis) is 1. The van der Waals surface area contributed by atoms with E-state index in [1.807, 2.05) is 68.5 Å². The average Bonchev–Trinajstić information content (AvgIpc) is 2.50. The maximum absolute atomic E-state index is 11.6. The first-order valence-corrected chi connectivity index (χ1v) is 7.20. The maximum Gasteiger partial charge on any atom is 0.407 e. The highest BCUT2D eigenvalue weighted by Gasteiger charge is 2.00. The van der Waals surface area contributed by atoms with Crippen molar-refractivity contribution < 1.29 is 9.53 Å². The fraction of sp³-hybridized carbons (Fsp3) is 0.222. The second-order valence-electron chi connectivity index (χ2n) is 5.03. The van der Waals surface area contributed by atoms with E-state index < -0.39 is 6.09 Å². The zero-order valence-electron chi connectivity index (χ0n) is 12.9. The van der Waals surface area contributed by atoms with Gasteiger partial charge in [0.1, 0.15) is 6.61 Å². The first kappa shape index (κ1) is 15.8. The minimum absolute atomic E-state index is 0.277.